The van der Waals surface area contributed by atoms with E-state index in [9.17, 15) is 9.90 Å². The van der Waals surface area contributed by atoms with Gasteiger partial charge in [-0.3, -0.25) is 4.79 Å². The number of nitrogens with zero attached hydrogens (tertiary/aromatic N) is 1. The number of rotatable bonds is 4. The number of pyridine rings is 1. The number of aliphatic hydroxyl groups is 1. The quantitative estimate of drug-likeness (QED) is 0.348. The molecular formula is C30H33NO2Si. The Kier molecular flexibility index (Phi) is 5.49. The second kappa shape index (κ2) is 8.14. The molecule has 0 bridgehead atoms. The zero-order chi connectivity index (χ0) is 24.3. The van der Waals surface area contributed by atoms with E-state index < -0.39 is 13.7 Å². The average Bonchev–Trinajstić information content (AvgIpc) is 2.79. The van der Waals surface area contributed by atoms with Crippen LogP contribution in [0.15, 0.2) is 72.4 Å². The average molecular weight is 468 g/mol. The molecule has 1 N–H and O–H groups in total. The van der Waals surface area contributed by atoms with Gasteiger partial charge in [0.25, 0.3) is 0 Å². The lowest BCUT2D eigenvalue weighted by Crippen LogP contribution is -2.44. The molecule has 3 unspecified atom stereocenters. The molecule has 0 saturated heterocycles. The Morgan fingerprint density at radius 3 is 2.53 bits per heavy atom. The van der Waals surface area contributed by atoms with Crippen LogP contribution in [0.25, 0.3) is 16.5 Å². The number of aryl methyl sites for hydroxylation is 1. The predicted molar refractivity (Wildman–Crippen MR) is 142 cm³/mol. The maximum Gasteiger partial charge on any atom is 0.158 e. The van der Waals surface area contributed by atoms with Crippen LogP contribution in [-0.2, 0) is 10.4 Å². The standard InChI is InChI=1S/C30H33NO2Si/c1-6-9-21-16-22-18-30(33,23-14-12-19(2)13-15-23)24-17-20-10-7-8-11-25(20)31-27(24)26(22)29(28(21)32)34(3,4)5/h6-8,10-15,17,21-22,33H,1,9,16,18H2,2-5H3. The summed E-state index contributed by atoms with van der Waals surface area (Å²) in [5.74, 6) is 0.279. The van der Waals surface area contributed by atoms with E-state index in [1.165, 1.54) is 0 Å². The molecule has 4 heteroatoms. The van der Waals surface area contributed by atoms with Crippen LogP contribution in [0.3, 0.4) is 0 Å². The van der Waals surface area contributed by atoms with E-state index in [1.54, 1.807) is 0 Å². The first kappa shape index (κ1) is 22.9. The van der Waals surface area contributed by atoms with Crippen LogP contribution in [0.2, 0.25) is 19.6 Å². The van der Waals surface area contributed by atoms with Crippen molar-refractivity contribution in [2.24, 2.45) is 11.8 Å². The lowest BCUT2D eigenvalue weighted by Gasteiger charge is -2.45. The highest BCUT2D eigenvalue weighted by molar-refractivity contribution is 6.88. The number of aromatic nitrogens is 1. The number of allylic oxidation sites excluding steroid dienone is 3. The van der Waals surface area contributed by atoms with E-state index >= 15 is 0 Å². The number of hydrogen-bond donors (Lipinski definition) is 1. The van der Waals surface area contributed by atoms with Crippen LogP contribution >= 0.6 is 0 Å². The first-order valence-electron chi connectivity index (χ1n) is 12.2. The van der Waals surface area contributed by atoms with Crippen LogP contribution in [0.4, 0.5) is 0 Å². The minimum atomic E-state index is -1.99. The zero-order valence-electron chi connectivity index (χ0n) is 20.6. The Morgan fingerprint density at radius 1 is 1.15 bits per heavy atom. The van der Waals surface area contributed by atoms with Crippen molar-refractivity contribution in [2.45, 2.75) is 51.4 Å². The summed E-state index contributed by atoms with van der Waals surface area (Å²) in [6.07, 6.45) is 3.84. The van der Waals surface area contributed by atoms with Gasteiger partial charge in [-0.15, -0.1) is 6.58 Å². The van der Waals surface area contributed by atoms with E-state index in [1.807, 2.05) is 42.5 Å². The zero-order valence-corrected chi connectivity index (χ0v) is 21.6. The Bertz CT molecular complexity index is 1330. The second-order valence-electron chi connectivity index (χ2n) is 11.1. The number of para-hydroxylation sites is 1. The van der Waals surface area contributed by atoms with E-state index in [0.29, 0.717) is 12.8 Å². The maximum absolute atomic E-state index is 13.8. The lowest BCUT2D eigenvalue weighted by atomic mass is 9.64. The number of ketones is 1. The number of carbonyl (C=O) groups excluding carboxylic acids is 1. The molecular weight excluding hydrogens is 434 g/mol. The molecule has 2 aliphatic rings. The molecule has 2 aliphatic carbocycles. The van der Waals surface area contributed by atoms with Gasteiger partial charge < -0.3 is 5.11 Å². The number of Topliss-reactive ketones (excluding diaryl/α,β-unsaturated/α-hetero) is 1. The first-order valence-corrected chi connectivity index (χ1v) is 15.7. The van der Waals surface area contributed by atoms with Crippen molar-refractivity contribution in [3.05, 3.63) is 94.8 Å². The number of fused-ring (bicyclic) bond motifs is 4. The molecule has 0 spiro atoms. The van der Waals surface area contributed by atoms with Gasteiger partial charge in [0.1, 0.15) is 5.60 Å². The fourth-order valence-corrected chi connectivity index (χ4v) is 8.06. The van der Waals surface area contributed by atoms with E-state index in [4.69, 9.17) is 4.98 Å². The van der Waals surface area contributed by atoms with Crippen LogP contribution in [0.1, 0.15) is 41.6 Å². The van der Waals surface area contributed by atoms with Gasteiger partial charge in [0.15, 0.2) is 5.78 Å². The summed E-state index contributed by atoms with van der Waals surface area (Å²) < 4.78 is 0. The van der Waals surface area contributed by atoms with E-state index in [2.05, 4.69) is 51.3 Å². The smallest absolute Gasteiger partial charge is 0.158 e. The molecule has 1 heterocycles. The van der Waals surface area contributed by atoms with Crippen molar-refractivity contribution in [1.29, 1.82) is 0 Å². The van der Waals surface area contributed by atoms with Gasteiger partial charge in [0.2, 0.25) is 0 Å². The maximum atomic E-state index is 13.8. The summed E-state index contributed by atoms with van der Waals surface area (Å²) in [5, 5.41) is 14.4. The Hall–Kier alpha value is -2.82. The summed E-state index contributed by atoms with van der Waals surface area (Å²) in [6, 6.07) is 18.4. The third-order valence-corrected chi connectivity index (χ3v) is 9.58. The Balaban J connectivity index is 1.86. The van der Waals surface area contributed by atoms with Crippen molar-refractivity contribution < 1.29 is 9.90 Å². The molecule has 0 saturated carbocycles. The van der Waals surface area contributed by atoms with Gasteiger partial charge in [-0.05, 0) is 60.6 Å². The molecule has 5 rings (SSSR count). The first-order chi connectivity index (χ1) is 16.1. The largest absolute Gasteiger partial charge is 0.380 e. The SMILES string of the molecule is C=CCC1CC2CC(O)(c3ccc(C)cc3)c3cc4ccccc4nc3C2=C([Si](C)(C)C)C1=O. The van der Waals surface area contributed by atoms with Crippen molar-refractivity contribution in [3.8, 4) is 0 Å². The molecule has 3 aromatic rings. The van der Waals surface area contributed by atoms with Gasteiger partial charge in [0.05, 0.1) is 19.3 Å². The topological polar surface area (TPSA) is 50.2 Å². The molecule has 0 fully saturated rings. The van der Waals surface area contributed by atoms with E-state index in [0.717, 1.165) is 50.5 Å². The Morgan fingerprint density at radius 2 is 1.85 bits per heavy atom. The number of hydrogen-bond acceptors (Lipinski definition) is 3. The number of carbonyl (C=O) groups is 1. The third-order valence-electron chi connectivity index (χ3n) is 7.56. The van der Waals surface area contributed by atoms with Gasteiger partial charge in [-0.2, -0.15) is 0 Å². The van der Waals surface area contributed by atoms with Crippen molar-refractivity contribution in [2.75, 3.05) is 0 Å². The van der Waals surface area contributed by atoms with Crippen molar-refractivity contribution >= 4 is 30.3 Å². The van der Waals surface area contributed by atoms with Crippen molar-refractivity contribution in [1.82, 2.24) is 4.98 Å². The molecule has 3 nitrogen and oxygen atoms in total. The fourth-order valence-electron chi connectivity index (χ4n) is 5.99. The minimum Gasteiger partial charge on any atom is -0.380 e. The molecule has 0 aliphatic heterocycles. The highest BCUT2D eigenvalue weighted by atomic mass is 28.3. The molecule has 34 heavy (non-hydrogen) atoms. The summed E-state index contributed by atoms with van der Waals surface area (Å²) in [7, 11) is -1.99. The van der Waals surface area contributed by atoms with Crippen molar-refractivity contribution in [3.63, 3.8) is 0 Å². The Labute approximate surface area is 203 Å². The third kappa shape index (κ3) is 3.60. The van der Waals surface area contributed by atoms with E-state index in [-0.39, 0.29) is 17.6 Å². The molecule has 174 valence electrons. The van der Waals surface area contributed by atoms with Crippen LogP contribution in [0, 0.1) is 18.8 Å². The molecule has 1 aromatic heterocycles. The van der Waals surface area contributed by atoms with Crippen LogP contribution < -0.4 is 0 Å². The summed E-state index contributed by atoms with van der Waals surface area (Å²) >= 11 is 0. The molecule has 0 radical (unpaired) electrons. The minimum absolute atomic E-state index is 0.0720. The molecule has 3 atom stereocenters. The highest BCUT2D eigenvalue weighted by Crippen LogP contribution is 2.54. The molecule has 0 amide bonds. The summed E-state index contributed by atoms with van der Waals surface area (Å²) in [5.41, 5.74) is 4.54. The lowest BCUT2D eigenvalue weighted by molar-refractivity contribution is -0.119. The van der Waals surface area contributed by atoms with Gasteiger partial charge >= 0.3 is 0 Å². The fraction of sp³-hybridized carbons (Fsp3) is 0.333. The second-order valence-corrected chi connectivity index (χ2v) is 16.1. The summed E-state index contributed by atoms with van der Waals surface area (Å²) in [6.45, 7) is 12.7. The number of benzene rings is 2. The monoisotopic (exact) mass is 467 g/mol. The van der Waals surface area contributed by atoms with Gasteiger partial charge in [-0.1, -0.05) is 73.7 Å². The summed E-state index contributed by atoms with van der Waals surface area (Å²) in [4.78, 5) is 18.9. The van der Waals surface area contributed by atoms with Gasteiger partial charge in [0, 0.05) is 16.9 Å². The normalized spacial score (nSPS) is 24.7. The van der Waals surface area contributed by atoms with Crippen LogP contribution in [0.5, 0.6) is 0 Å². The predicted octanol–water partition coefficient (Wildman–Crippen LogP) is 6.60. The van der Waals surface area contributed by atoms with Crippen LogP contribution in [-0.4, -0.2) is 23.9 Å². The highest BCUT2D eigenvalue weighted by Gasteiger charge is 2.50. The molecule has 2 aromatic carbocycles. The van der Waals surface area contributed by atoms with Gasteiger partial charge in [-0.25, -0.2) is 4.98 Å².